The van der Waals surface area contributed by atoms with Gasteiger partial charge in [0.2, 0.25) is 0 Å². The number of hydrogen-bond acceptors (Lipinski definition) is 6. The van der Waals surface area contributed by atoms with Crippen LogP contribution in [0.5, 0.6) is 0 Å². The molecule has 0 bridgehead atoms. The van der Waals surface area contributed by atoms with Crippen molar-refractivity contribution in [3.63, 3.8) is 0 Å². The third-order valence-corrected chi connectivity index (χ3v) is 12.4. The molecule has 314 valence electrons. The summed E-state index contributed by atoms with van der Waals surface area (Å²) >= 11 is 12.5. The fourth-order valence-corrected chi connectivity index (χ4v) is 8.94. The summed E-state index contributed by atoms with van der Waals surface area (Å²) in [5, 5.41) is 24.7. The van der Waals surface area contributed by atoms with Crippen molar-refractivity contribution in [1.82, 2.24) is 30.0 Å². The monoisotopic (exact) mass is 890 g/mol. The lowest BCUT2D eigenvalue weighted by atomic mass is 10.0. The predicted molar refractivity (Wildman–Crippen MR) is 271 cm³/mol. The SMILES string of the molecule is Clc1ccc2nn(-c3ccc(N(c4ccc(-c5ccc(N(c6ccc(-n7nc8ccc(Cl)cc8n7)cc6)c6ccc7ccccc7c6)cc5)cc4)c4ccc5ccccc5c4)cc3)nc2c1. The molecule has 0 fully saturated rings. The van der Waals surface area contributed by atoms with E-state index in [1.807, 2.05) is 60.7 Å². The summed E-state index contributed by atoms with van der Waals surface area (Å²) in [6, 6.07) is 75.3. The second-order valence-corrected chi connectivity index (χ2v) is 17.0. The van der Waals surface area contributed by atoms with Crippen molar-refractivity contribution in [3.05, 3.63) is 228 Å². The van der Waals surface area contributed by atoms with E-state index in [9.17, 15) is 0 Å². The minimum atomic E-state index is 0.631. The highest BCUT2D eigenvalue weighted by Crippen LogP contribution is 2.40. The fraction of sp³-hybridized carbons (Fsp3) is 0. The van der Waals surface area contributed by atoms with Gasteiger partial charge in [-0.15, -0.1) is 20.4 Å². The number of nitrogens with zero attached hydrogens (tertiary/aromatic N) is 8. The van der Waals surface area contributed by atoms with Gasteiger partial charge in [-0.1, -0.05) is 108 Å². The highest BCUT2D eigenvalue weighted by atomic mass is 35.5. The summed E-state index contributed by atoms with van der Waals surface area (Å²) in [6.45, 7) is 0. The number of fused-ring (bicyclic) bond motifs is 4. The Kier molecular flexibility index (Phi) is 9.74. The first-order chi connectivity index (χ1) is 32.5. The van der Waals surface area contributed by atoms with Gasteiger partial charge in [0.1, 0.15) is 22.1 Å². The van der Waals surface area contributed by atoms with Gasteiger partial charge in [-0.3, -0.25) is 0 Å². The molecule has 0 unspecified atom stereocenters. The summed E-state index contributed by atoms with van der Waals surface area (Å²) in [5.41, 5.74) is 13.2. The zero-order valence-corrected chi connectivity index (χ0v) is 36.6. The van der Waals surface area contributed by atoms with Crippen LogP contribution < -0.4 is 9.80 Å². The lowest BCUT2D eigenvalue weighted by molar-refractivity contribution is 0.765. The number of aromatic nitrogens is 6. The van der Waals surface area contributed by atoms with E-state index in [-0.39, 0.29) is 0 Å². The summed E-state index contributed by atoms with van der Waals surface area (Å²) in [5.74, 6) is 0. The number of hydrogen-bond donors (Lipinski definition) is 0. The van der Waals surface area contributed by atoms with Crippen LogP contribution in [0.3, 0.4) is 0 Å². The van der Waals surface area contributed by atoms with E-state index in [4.69, 9.17) is 23.2 Å². The van der Waals surface area contributed by atoms with Gasteiger partial charge < -0.3 is 9.80 Å². The van der Waals surface area contributed by atoms with Crippen molar-refractivity contribution in [2.75, 3.05) is 9.80 Å². The van der Waals surface area contributed by atoms with Crippen molar-refractivity contribution >= 4 is 101 Å². The molecule has 10 aromatic carbocycles. The maximum absolute atomic E-state index is 6.24. The normalized spacial score (nSPS) is 11.5. The molecule has 0 aliphatic heterocycles. The molecule has 2 aromatic heterocycles. The van der Waals surface area contributed by atoms with E-state index in [0.29, 0.717) is 10.0 Å². The van der Waals surface area contributed by atoms with Crippen LogP contribution in [0.1, 0.15) is 0 Å². The van der Waals surface area contributed by atoms with Crippen LogP contribution >= 0.6 is 23.2 Å². The highest BCUT2D eigenvalue weighted by Gasteiger charge is 2.17. The summed E-state index contributed by atoms with van der Waals surface area (Å²) in [4.78, 5) is 7.87. The molecule has 0 saturated heterocycles. The Morgan fingerprint density at radius 2 is 0.621 bits per heavy atom. The van der Waals surface area contributed by atoms with Crippen LogP contribution in [0.25, 0.3) is 66.1 Å². The number of benzene rings is 10. The third kappa shape index (κ3) is 7.44. The molecular formula is C56H36Cl2N8. The molecule has 12 rings (SSSR count). The molecule has 2 heterocycles. The summed E-state index contributed by atoms with van der Waals surface area (Å²) in [6.07, 6.45) is 0. The lowest BCUT2D eigenvalue weighted by Crippen LogP contribution is -2.10. The van der Waals surface area contributed by atoms with Gasteiger partial charge in [0.25, 0.3) is 0 Å². The molecule has 0 radical (unpaired) electrons. The second-order valence-electron chi connectivity index (χ2n) is 16.1. The smallest absolute Gasteiger partial charge is 0.115 e. The molecule has 10 heteroatoms. The first-order valence-electron chi connectivity index (χ1n) is 21.5. The molecule has 8 nitrogen and oxygen atoms in total. The van der Waals surface area contributed by atoms with E-state index >= 15 is 0 Å². The predicted octanol–water partition coefficient (Wildman–Crippen LogP) is 15.4. The van der Waals surface area contributed by atoms with E-state index in [2.05, 4.69) is 188 Å². The van der Waals surface area contributed by atoms with Gasteiger partial charge in [-0.2, -0.15) is 9.59 Å². The van der Waals surface area contributed by atoms with Crippen LogP contribution in [-0.2, 0) is 0 Å². The van der Waals surface area contributed by atoms with E-state index in [1.54, 1.807) is 9.59 Å². The van der Waals surface area contributed by atoms with Crippen LogP contribution in [0, 0.1) is 0 Å². The van der Waals surface area contributed by atoms with Crippen molar-refractivity contribution in [1.29, 1.82) is 0 Å². The molecule has 0 aliphatic rings. The number of rotatable bonds is 9. The average Bonchev–Trinajstić information content (AvgIpc) is 3.99. The zero-order chi connectivity index (χ0) is 44.1. The Hall–Kier alpha value is -8.30. The van der Waals surface area contributed by atoms with E-state index < -0.39 is 0 Å². The second kappa shape index (κ2) is 16.4. The quantitative estimate of drug-likeness (QED) is 0.144. The topological polar surface area (TPSA) is 67.9 Å². The molecule has 12 aromatic rings. The van der Waals surface area contributed by atoms with Gasteiger partial charge in [-0.05, 0) is 166 Å². The lowest BCUT2D eigenvalue weighted by Gasteiger charge is -2.27. The Balaban J connectivity index is 0.868. The maximum atomic E-state index is 6.24. The van der Waals surface area contributed by atoms with Crippen LogP contribution in [0.15, 0.2) is 218 Å². The Morgan fingerprint density at radius 1 is 0.288 bits per heavy atom. The van der Waals surface area contributed by atoms with Crippen LogP contribution in [0.2, 0.25) is 10.0 Å². The van der Waals surface area contributed by atoms with E-state index in [0.717, 1.165) is 78.7 Å². The molecule has 0 amide bonds. The van der Waals surface area contributed by atoms with Gasteiger partial charge >= 0.3 is 0 Å². The average molecular weight is 892 g/mol. The summed E-state index contributed by atoms with van der Waals surface area (Å²) < 4.78 is 0. The van der Waals surface area contributed by atoms with Gasteiger partial charge in [0.05, 0.1) is 11.4 Å². The molecular weight excluding hydrogens is 856 g/mol. The third-order valence-electron chi connectivity index (χ3n) is 11.9. The minimum absolute atomic E-state index is 0.631. The van der Waals surface area contributed by atoms with Crippen molar-refractivity contribution in [3.8, 4) is 22.5 Å². The largest absolute Gasteiger partial charge is 0.310 e. The maximum Gasteiger partial charge on any atom is 0.115 e. The highest BCUT2D eigenvalue weighted by molar-refractivity contribution is 6.31. The molecule has 66 heavy (non-hydrogen) atoms. The van der Waals surface area contributed by atoms with Crippen LogP contribution in [0.4, 0.5) is 34.1 Å². The Morgan fingerprint density at radius 3 is 1.02 bits per heavy atom. The van der Waals surface area contributed by atoms with E-state index in [1.165, 1.54) is 21.5 Å². The molecule has 0 saturated carbocycles. The number of halogens is 2. The first kappa shape index (κ1) is 39.3. The Bertz CT molecular complexity index is 3490. The molecule has 0 N–H and O–H groups in total. The van der Waals surface area contributed by atoms with Gasteiger partial charge in [-0.25, -0.2) is 0 Å². The minimum Gasteiger partial charge on any atom is -0.310 e. The van der Waals surface area contributed by atoms with Crippen LogP contribution in [-0.4, -0.2) is 30.0 Å². The zero-order valence-electron chi connectivity index (χ0n) is 35.1. The standard InChI is InChI=1S/C56H36Cl2N8/c57-43-15-31-53-55(35-43)61-65(59-53)49-27-23-47(24-28-49)63(51-21-13-37-5-1-3-7-41(37)33-51)45-17-9-39(10-18-45)40-11-19-46(20-12-40)64(52-22-14-38-6-2-4-8-42(38)34-52)48-25-29-50(30-26-48)66-60-54-32-16-44(58)36-56(54)62-66/h1-36H. The van der Waals surface area contributed by atoms with Crippen molar-refractivity contribution in [2.45, 2.75) is 0 Å². The first-order valence-corrected chi connectivity index (χ1v) is 22.3. The summed E-state index contributed by atoms with van der Waals surface area (Å²) in [7, 11) is 0. The van der Waals surface area contributed by atoms with Gasteiger partial charge in [0.15, 0.2) is 0 Å². The molecule has 0 atom stereocenters. The van der Waals surface area contributed by atoms with Crippen molar-refractivity contribution in [2.24, 2.45) is 0 Å². The molecule has 0 aliphatic carbocycles. The fourth-order valence-electron chi connectivity index (χ4n) is 8.61. The van der Waals surface area contributed by atoms with Gasteiger partial charge in [0, 0.05) is 44.2 Å². The molecule has 0 spiro atoms. The Labute approximate surface area is 389 Å². The number of anilines is 6. The van der Waals surface area contributed by atoms with Crippen molar-refractivity contribution < 1.29 is 0 Å².